The van der Waals surface area contributed by atoms with Gasteiger partial charge in [0, 0.05) is 53.6 Å². The van der Waals surface area contributed by atoms with E-state index in [1.54, 1.807) is 37.3 Å². The molecule has 2 N–H and O–H groups in total. The number of allylic oxidation sites excluding steroid dienone is 2. The van der Waals surface area contributed by atoms with E-state index in [0.717, 1.165) is 42.7 Å². The number of amides is 2. The van der Waals surface area contributed by atoms with Crippen LogP contribution in [0.25, 0.3) is 0 Å². The summed E-state index contributed by atoms with van der Waals surface area (Å²) >= 11 is 12.6. The molecule has 0 radical (unpaired) electrons. The molecule has 1 fully saturated rings. The smallest absolute Gasteiger partial charge is 0.243 e. The zero-order valence-electron chi connectivity index (χ0n) is 26.3. The number of fused-ring (bicyclic) bond motifs is 5. The van der Waals surface area contributed by atoms with Crippen LogP contribution < -0.4 is 5.32 Å². The number of halogens is 2. The van der Waals surface area contributed by atoms with Crippen molar-refractivity contribution in [3.63, 3.8) is 0 Å². The van der Waals surface area contributed by atoms with Gasteiger partial charge in [0.25, 0.3) is 0 Å². The minimum Gasteiger partial charge on any atom is -0.497 e. The number of ether oxygens (including phenoxy) is 2. The van der Waals surface area contributed by atoms with Gasteiger partial charge in [-0.3, -0.25) is 14.6 Å². The van der Waals surface area contributed by atoms with Crippen molar-refractivity contribution >= 4 is 40.7 Å². The van der Waals surface area contributed by atoms with Crippen LogP contribution in [0.4, 0.5) is 0 Å². The highest BCUT2D eigenvalue weighted by molar-refractivity contribution is 6.34. The average molecular weight is 649 g/mol. The van der Waals surface area contributed by atoms with Crippen LogP contribution in [0, 0.1) is 17.8 Å². The topological polar surface area (TPSA) is 100 Å². The quantitative estimate of drug-likeness (QED) is 0.373. The molecular formula is C34H47Cl2N3O5. The van der Waals surface area contributed by atoms with E-state index >= 15 is 0 Å². The van der Waals surface area contributed by atoms with Gasteiger partial charge in [-0.1, -0.05) is 56.0 Å². The second kappa shape index (κ2) is 16.3. The van der Waals surface area contributed by atoms with Gasteiger partial charge in [0.15, 0.2) is 0 Å². The lowest BCUT2D eigenvalue weighted by Crippen LogP contribution is -2.54. The summed E-state index contributed by atoms with van der Waals surface area (Å²) in [5, 5.41) is 15.6. The number of aliphatic imine (C=N–C) groups is 1. The molecule has 1 aliphatic heterocycles. The molecule has 2 unspecified atom stereocenters. The molecule has 7 atom stereocenters. The average Bonchev–Trinajstić information content (AvgIpc) is 3.34. The molecule has 8 nitrogen and oxygen atoms in total. The maximum Gasteiger partial charge on any atom is 0.243 e. The van der Waals surface area contributed by atoms with Gasteiger partial charge in [-0.25, -0.2) is 0 Å². The lowest BCUT2D eigenvalue weighted by molar-refractivity contribution is -0.142. The molecule has 1 saturated carbocycles. The minimum atomic E-state index is -0.997. The number of nitrogens with zero attached hydrogens (tertiary/aromatic N) is 2. The maximum atomic E-state index is 13.9. The number of aliphatic hydroxyl groups excluding tert-OH is 1. The number of likely N-dealkylation sites (N-methyl/N-ethyl adjacent to an activating group) is 1. The summed E-state index contributed by atoms with van der Waals surface area (Å²) in [7, 11) is 3.36. The number of carbonyl (C=O) groups excluding carboxylic acids is 2. The van der Waals surface area contributed by atoms with Gasteiger partial charge in [0.05, 0.1) is 31.9 Å². The Morgan fingerprint density at radius 1 is 1.25 bits per heavy atom. The van der Waals surface area contributed by atoms with Crippen molar-refractivity contribution in [1.29, 1.82) is 0 Å². The molecule has 2 bridgehead atoms. The van der Waals surface area contributed by atoms with Gasteiger partial charge >= 0.3 is 0 Å². The van der Waals surface area contributed by atoms with Crippen LogP contribution in [-0.4, -0.2) is 79.1 Å². The SMILES string of the molecule is CCCC[C@H](C)C(=O)N(C)[C@H]1CCCCO[C@@H]2CC(=NC[C@@H](O)[C@H](Cc3cc(Cl)cc(Cl)c3)NC1=O)C1C=C(OC)C=CC12. The molecule has 2 aliphatic carbocycles. The van der Waals surface area contributed by atoms with E-state index in [-0.39, 0.29) is 42.2 Å². The van der Waals surface area contributed by atoms with Crippen LogP contribution in [-0.2, 0) is 25.5 Å². The molecule has 1 heterocycles. The molecule has 44 heavy (non-hydrogen) atoms. The normalized spacial score (nSPS) is 28.5. The van der Waals surface area contributed by atoms with Crippen LogP contribution >= 0.6 is 23.2 Å². The van der Waals surface area contributed by atoms with Crippen molar-refractivity contribution in [2.24, 2.45) is 22.7 Å². The zero-order valence-corrected chi connectivity index (χ0v) is 27.8. The molecule has 3 aliphatic rings. The highest BCUT2D eigenvalue weighted by Crippen LogP contribution is 2.38. The number of benzene rings is 1. The third-order valence-electron chi connectivity index (χ3n) is 9.09. The Morgan fingerprint density at radius 2 is 2.00 bits per heavy atom. The van der Waals surface area contributed by atoms with Crippen LogP contribution in [0.1, 0.15) is 64.4 Å². The number of aliphatic hydroxyl groups is 1. The summed E-state index contributed by atoms with van der Waals surface area (Å²) in [6.07, 6.45) is 10.8. The summed E-state index contributed by atoms with van der Waals surface area (Å²) in [5.74, 6) is 0.426. The standard InChI is InChI=1S/C34H47Cl2N3O5/c1-5-6-9-21(2)34(42)39(3)30-10-7-8-13-44-32-19-28(27-18-25(43-4)11-12-26(27)32)37-20-31(40)29(38-33(30)41)16-22-14-23(35)17-24(36)15-22/h11-12,14-15,17-18,21,26-27,29-32,40H,5-10,13,16,19-20H2,1-4H3,(H,38,41)/t21-,26?,27?,29-,30-,31+,32+/m0/s1. The Hall–Kier alpha value is -2.39. The van der Waals surface area contributed by atoms with Gasteiger partial charge < -0.3 is 24.8 Å². The minimum absolute atomic E-state index is 0.0265. The number of unbranched alkanes of at least 4 members (excludes halogenated alkanes) is 1. The largest absolute Gasteiger partial charge is 0.497 e. The Labute approximate surface area is 271 Å². The highest BCUT2D eigenvalue weighted by atomic mass is 35.5. The van der Waals surface area contributed by atoms with Gasteiger partial charge in [-0.2, -0.15) is 0 Å². The van der Waals surface area contributed by atoms with E-state index in [1.807, 2.05) is 13.0 Å². The first-order valence-electron chi connectivity index (χ1n) is 15.9. The summed E-state index contributed by atoms with van der Waals surface area (Å²) in [6, 6.07) is 3.85. The van der Waals surface area contributed by atoms with Crippen LogP contribution in [0.2, 0.25) is 10.0 Å². The van der Waals surface area contributed by atoms with Crippen LogP contribution in [0.3, 0.4) is 0 Å². The summed E-state index contributed by atoms with van der Waals surface area (Å²) in [5.41, 5.74) is 1.74. The number of nitrogens with one attached hydrogen (secondary N) is 1. The second-order valence-corrected chi connectivity index (χ2v) is 13.2. The van der Waals surface area contributed by atoms with Crippen molar-refractivity contribution in [1.82, 2.24) is 10.2 Å². The summed E-state index contributed by atoms with van der Waals surface area (Å²) in [6.45, 7) is 4.67. The monoisotopic (exact) mass is 647 g/mol. The van der Waals surface area contributed by atoms with Crippen molar-refractivity contribution in [3.05, 3.63) is 57.8 Å². The van der Waals surface area contributed by atoms with E-state index in [4.69, 9.17) is 37.7 Å². The lowest BCUT2D eigenvalue weighted by Gasteiger charge is -2.32. The van der Waals surface area contributed by atoms with Gasteiger partial charge in [-0.15, -0.1) is 0 Å². The molecule has 1 aromatic carbocycles. The second-order valence-electron chi connectivity index (χ2n) is 12.3. The predicted octanol–water partition coefficient (Wildman–Crippen LogP) is 5.78. The molecular weight excluding hydrogens is 601 g/mol. The number of methoxy groups -OCH3 is 1. The molecule has 10 heteroatoms. The van der Waals surface area contributed by atoms with Crippen LogP contribution in [0.5, 0.6) is 0 Å². The summed E-state index contributed by atoms with van der Waals surface area (Å²) in [4.78, 5) is 33.8. The molecule has 2 amide bonds. The first-order chi connectivity index (χ1) is 21.1. The van der Waals surface area contributed by atoms with E-state index in [2.05, 4.69) is 24.4 Å². The molecule has 0 spiro atoms. The number of rotatable bonds is 8. The zero-order chi connectivity index (χ0) is 31.8. The van der Waals surface area contributed by atoms with E-state index in [9.17, 15) is 14.7 Å². The van der Waals surface area contributed by atoms with Gasteiger partial charge in [0.2, 0.25) is 11.8 Å². The molecule has 0 aromatic heterocycles. The lowest BCUT2D eigenvalue weighted by atomic mass is 9.89. The Balaban J connectivity index is 1.63. The van der Waals surface area contributed by atoms with Crippen molar-refractivity contribution in [2.75, 3.05) is 27.3 Å². The third-order valence-corrected chi connectivity index (χ3v) is 9.52. The predicted molar refractivity (Wildman–Crippen MR) is 175 cm³/mol. The molecule has 4 rings (SSSR count). The van der Waals surface area contributed by atoms with Gasteiger partial charge in [-0.05, 0) is 68.0 Å². The Morgan fingerprint density at radius 3 is 2.70 bits per heavy atom. The molecule has 0 saturated heterocycles. The van der Waals surface area contributed by atoms with E-state index in [0.29, 0.717) is 42.3 Å². The first-order valence-corrected chi connectivity index (χ1v) is 16.7. The fraction of sp³-hybridized carbons (Fsp3) is 0.618. The van der Waals surface area contributed by atoms with E-state index in [1.165, 1.54) is 0 Å². The Bertz CT molecular complexity index is 1230. The number of hydrogen-bond donors (Lipinski definition) is 2. The highest BCUT2D eigenvalue weighted by Gasteiger charge is 2.41. The molecule has 242 valence electrons. The fourth-order valence-corrected chi connectivity index (χ4v) is 7.06. The number of carbonyl (C=O) groups is 2. The van der Waals surface area contributed by atoms with Crippen molar-refractivity contribution in [2.45, 2.75) is 89.5 Å². The van der Waals surface area contributed by atoms with Crippen molar-refractivity contribution < 1.29 is 24.2 Å². The number of hydrogen-bond acceptors (Lipinski definition) is 6. The van der Waals surface area contributed by atoms with Crippen LogP contribution in [0.15, 0.2) is 47.2 Å². The van der Waals surface area contributed by atoms with E-state index < -0.39 is 18.2 Å². The maximum absolute atomic E-state index is 13.9. The fourth-order valence-electron chi connectivity index (χ4n) is 6.49. The summed E-state index contributed by atoms with van der Waals surface area (Å²) < 4.78 is 11.9. The Kier molecular flexibility index (Phi) is 12.7. The van der Waals surface area contributed by atoms with Gasteiger partial charge in [0.1, 0.15) is 11.8 Å². The van der Waals surface area contributed by atoms with Crippen molar-refractivity contribution in [3.8, 4) is 0 Å². The first kappa shape index (κ1) is 34.5. The molecule has 1 aromatic rings. The third kappa shape index (κ3) is 8.87.